The molecule has 3 rings (SSSR count). The topological polar surface area (TPSA) is 24.9 Å². The number of pyridine rings is 1. The third-order valence-corrected chi connectivity index (χ3v) is 3.64. The van der Waals surface area contributed by atoms with E-state index in [1.165, 1.54) is 12.1 Å². The van der Waals surface area contributed by atoms with Gasteiger partial charge in [0.15, 0.2) is 0 Å². The standard InChI is InChI=1S/C19H16F2N2/c1-11(2)23-17-9-13-5-6-14(8-15(13)10-22-17)18-16(20)7-4-12(3)19(18)21/h4-10H,1H2,2-3H3,(H,22,23). The second-order valence-corrected chi connectivity index (χ2v) is 5.59. The van der Waals surface area contributed by atoms with Gasteiger partial charge < -0.3 is 5.32 Å². The van der Waals surface area contributed by atoms with Gasteiger partial charge in [-0.15, -0.1) is 0 Å². The molecule has 0 aliphatic carbocycles. The molecule has 1 heterocycles. The Labute approximate surface area is 133 Å². The van der Waals surface area contributed by atoms with Gasteiger partial charge in [0.2, 0.25) is 0 Å². The van der Waals surface area contributed by atoms with E-state index in [1.807, 2.05) is 19.1 Å². The van der Waals surface area contributed by atoms with Gasteiger partial charge in [-0.25, -0.2) is 13.8 Å². The second-order valence-electron chi connectivity index (χ2n) is 5.59. The normalized spacial score (nSPS) is 10.8. The molecule has 23 heavy (non-hydrogen) atoms. The molecule has 4 heteroatoms. The van der Waals surface area contributed by atoms with Crippen LogP contribution in [0, 0.1) is 18.6 Å². The van der Waals surface area contributed by atoms with Crippen molar-refractivity contribution in [2.45, 2.75) is 13.8 Å². The largest absolute Gasteiger partial charge is 0.345 e. The van der Waals surface area contributed by atoms with Crippen molar-refractivity contribution in [3.8, 4) is 11.1 Å². The number of aryl methyl sites for hydroxylation is 1. The molecule has 3 aromatic rings. The molecule has 0 bridgehead atoms. The first kappa shape index (κ1) is 15.2. The average Bonchev–Trinajstić information content (AvgIpc) is 2.51. The number of halogens is 2. The van der Waals surface area contributed by atoms with Gasteiger partial charge in [-0.2, -0.15) is 0 Å². The van der Waals surface area contributed by atoms with E-state index in [-0.39, 0.29) is 5.56 Å². The molecule has 0 saturated heterocycles. The van der Waals surface area contributed by atoms with Crippen LogP contribution in [0.5, 0.6) is 0 Å². The number of allylic oxidation sites excluding steroid dienone is 1. The fourth-order valence-electron chi connectivity index (χ4n) is 2.51. The minimum Gasteiger partial charge on any atom is -0.345 e. The maximum atomic E-state index is 14.3. The van der Waals surface area contributed by atoms with E-state index >= 15 is 0 Å². The lowest BCUT2D eigenvalue weighted by atomic mass is 9.99. The lowest BCUT2D eigenvalue weighted by molar-refractivity contribution is 0.584. The number of hydrogen-bond donors (Lipinski definition) is 1. The van der Waals surface area contributed by atoms with Crippen LogP contribution < -0.4 is 5.32 Å². The molecule has 0 amide bonds. The molecule has 0 aliphatic heterocycles. The summed E-state index contributed by atoms with van der Waals surface area (Å²) in [4.78, 5) is 4.28. The summed E-state index contributed by atoms with van der Waals surface area (Å²) in [5.41, 5.74) is 1.70. The van der Waals surface area contributed by atoms with Crippen LogP contribution in [-0.2, 0) is 0 Å². The van der Waals surface area contributed by atoms with Gasteiger partial charge in [0.25, 0.3) is 0 Å². The van der Waals surface area contributed by atoms with Gasteiger partial charge >= 0.3 is 0 Å². The molecule has 0 radical (unpaired) electrons. The van der Waals surface area contributed by atoms with Crippen molar-refractivity contribution in [1.29, 1.82) is 0 Å². The fraction of sp³-hybridized carbons (Fsp3) is 0.105. The van der Waals surface area contributed by atoms with Crippen LogP contribution in [0.4, 0.5) is 14.6 Å². The molecule has 2 aromatic carbocycles. The van der Waals surface area contributed by atoms with Crippen LogP contribution in [0.3, 0.4) is 0 Å². The number of nitrogens with one attached hydrogen (secondary N) is 1. The lowest BCUT2D eigenvalue weighted by Gasteiger charge is -2.10. The van der Waals surface area contributed by atoms with E-state index in [4.69, 9.17) is 0 Å². The molecule has 0 unspecified atom stereocenters. The van der Waals surface area contributed by atoms with E-state index in [0.29, 0.717) is 16.9 Å². The van der Waals surface area contributed by atoms with E-state index in [9.17, 15) is 8.78 Å². The Morgan fingerprint density at radius 2 is 1.87 bits per heavy atom. The van der Waals surface area contributed by atoms with Crippen molar-refractivity contribution in [3.05, 3.63) is 72.1 Å². The maximum absolute atomic E-state index is 14.3. The van der Waals surface area contributed by atoms with Crippen molar-refractivity contribution in [2.75, 3.05) is 5.32 Å². The summed E-state index contributed by atoms with van der Waals surface area (Å²) in [6, 6.07) is 9.89. The van der Waals surface area contributed by atoms with Crippen molar-refractivity contribution < 1.29 is 8.78 Å². The number of anilines is 1. The minimum atomic E-state index is -0.569. The van der Waals surface area contributed by atoms with Gasteiger partial charge in [-0.05, 0) is 48.6 Å². The van der Waals surface area contributed by atoms with Crippen LogP contribution in [0.25, 0.3) is 21.9 Å². The van der Waals surface area contributed by atoms with Crippen molar-refractivity contribution in [2.24, 2.45) is 0 Å². The summed E-state index contributed by atoms with van der Waals surface area (Å²) >= 11 is 0. The maximum Gasteiger partial charge on any atom is 0.136 e. The highest BCUT2D eigenvalue weighted by Crippen LogP contribution is 2.30. The average molecular weight is 310 g/mol. The first-order chi connectivity index (χ1) is 11.0. The summed E-state index contributed by atoms with van der Waals surface area (Å²) in [6.07, 6.45) is 1.68. The van der Waals surface area contributed by atoms with Crippen LogP contribution >= 0.6 is 0 Å². The molecule has 116 valence electrons. The highest BCUT2D eigenvalue weighted by atomic mass is 19.1. The fourth-order valence-corrected chi connectivity index (χ4v) is 2.51. The third kappa shape index (κ3) is 2.93. The lowest BCUT2D eigenvalue weighted by Crippen LogP contribution is -1.96. The van der Waals surface area contributed by atoms with Crippen LogP contribution in [0.15, 0.2) is 54.9 Å². The predicted octanol–water partition coefficient (Wildman–Crippen LogP) is 5.43. The first-order valence-electron chi connectivity index (χ1n) is 7.23. The summed E-state index contributed by atoms with van der Waals surface area (Å²) in [7, 11) is 0. The first-order valence-corrected chi connectivity index (χ1v) is 7.23. The minimum absolute atomic E-state index is 0.00367. The van der Waals surface area contributed by atoms with Gasteiger partial charge in [-0.3, -0.25) is 0 Å². The molecule has 0 atom stereocenters. The van der Waals surface area contributed by atoms with Gasteiger partial charge in [0, 0.05) is 17.3 Å². The van der Waals surface area contributed by atoms with Crippen LogP contribution in [-0.4, -0.2) is 4.98 Å². The van der Waals surface area contributed by atoms with Crippen molar-refractivity contribution in [1.82, 2.24) is 4.98 Å². The molecule has 0 aliphatic rings. The summed E-state index contributed by atoms with van der Waals surface area (Å²) in [5.74, 6) is -0.412. The summed E-state index contributed by atoms with van der Waals surface area (Å²) in [6.45, 7) is 7.24. The third-order valence-electron chi connectivity index (χ3n) is 3.64. The Morgan fingerprint density at radius 1 is 1.09 bits per heavy atom. The van der Waals surface area contributed by atoms with E-state index in [2.05, 4.69) is 16.9 Å². The molecule has 0 saturated carbocycles. The Hall–Kier alpha value is -2.75. The molecule has 0 spiro atoms. The molecule has 2 nitrogen and oxygen atoms in total. The number of rotatable bonds is 3. The number of hydrogen-bond acceptors (Lipinski definition) is 2. The van der Waals surface area contributed by atoms with Crippen LogP contribution in [0.1, 0.15) is 12.5 Å². The molecule has 0 fully saturated rings. The van der Waals surface area contributed by atoms with Gasteiger partial charge in [-0.1, -0.05) is 24.8 Å². The summed E-state index contributed by atoms with van der Waals surface area (Å²) in [5, 5.41) is 4.79. The SMILES string of the molecule is C=C(C)Nc1cc2ccc(-c3c(F)ccc(C)c3F)cc2cn1. The van der Waals surface area contributed by atoms with Crippen molar-refractivity contribution >= 4 is 16.6 Å². The number of fused-ring (bicyclic) bond motifs is 1. The Balaban J connectivity index is 2.11. The second kappa shape index (κ2) is 5.80. The van der Waals surface area contributed by atoms with Crippen molar-refractivity contribution in [3.63, 3.8) is 0 Å². The Kier molecular flexibility index (Phi) is 3.82. The monoisotopic (exact) mass is 310 g/mol. The number of nitrogens with zero attached hydrogens (tertiary/aromatic N) is 1. The van der Waals surface area contributed by atoms with E-state index in [1.54, 1.807) is 25.3 Å². The molecule has 1 N–H and O–H groups in total. The summed E-state index contributed by atoms with van der Waals surface area (Å²) < 4.78 is 28.3. The smallest absolute Gasteiger partial charge is 0.136 e. The number of benzene rings is 2. The molecule has 1 aromatic heterocycles. The predicted molar refractivity (Wildman–Crippen MR) is 90.3 cm³/mol. The van der Waals surface area contributed by atoms with Gasteiger partial charge in [0.1, 0.15) is 17.5 Å². The quantitative estimate of drug-likeness (QED) is 0.697. The Bertz CT molecular complexity index is 917. The molecular weight excluding hydrogens is 294 g/mol. The molecular formula is C19H16F2N2. The van der Waals surface area contributed by atoms with Crippen LogP contribution in [0.2, 0.25) is 0 Å². The zero-order chi connectivity index (χ0) is 16.6. The zero-order valence-electron chi connectivity index (χ0n) is 13.0. The van der Waals surface area contributed by atoms with Gasteiger partial charge in [0.05, 0.1) is 5.56 Å². The highest BCUT2D eigenvalue weighted by Gasteiger charge is 2.14. The zero-order valence-corrected chi connectivity index (χ0v) is 13.0. The Morgan fingerprint density at radius 3 is 2.61 bits per heavy atom. The van der Waals surface area contributed by atoms with E-state index in [0.717, 1.165) is 16.5 Å². The highest BCUT2D eigenvalue weighted by molar-refractivity contribution is 5.88. The van der Waals surface area contributed by atoms with E-state index < -0.39 is 11.6 Å². The number of aromatic nitrogens is 1.